The Morgan fingerprint density at radius 3 is 2.86 bits per heavy atom. The van der Waals surface area contributed by atoms with Gasteiger partial charge in [-0.2, -0.15) is 0 Å². The highest BCUT2D eigenvalue weighted by Crippen LogP contribution is 2.18. The molecule has 0 unspecified atom stereocenters. The van der Waals surface area contributed by atoms with Crippen LogP contribution < -0.4 is 5.73 Å². The first-order chi connectivity index (χ1) is 9.72. The van der Waals surface area contributed by atoms with Gasteiger partial charge in [0.05, 0.1) is 6.61 Å². The second-order valence-electron chi connectivity index (χ2n) is 5.04. The van der Waals surface area contributed by atoms with Gasteiger partial charge in [0.1, 0.15) is 6.04 Å². The number of unbranched alkanes of at least 4 members (excludes halogenated alkanes) is 2. The molecular formula is C16H23ClN2O2. The van der Waals surface area contributed by atoms with Gasteiger partial charge in [-0.3, -0.25) is 4.79 Å². The van der Waals surface area contributed by atoms with Crippen LogP contribution in [0.1, 0.15) is 31.7 Å². The molecular weight excluding hydrogens is 288 g/mol. The summed E-state index contributed by atoms with van der Waals surface area (Å²) in [4.78, 5) is 15.0. The Morgan fingerprint density at radius 1 is 1.33 bits per heavy atom. The summed E-state index contributed by atoms with van der Waals surface area (Å²) in [6.07, 6.45) is 5.50. The van der Waals surface area contributed by atoms with Gasteiger partial charge in [-0.05, 0) is 18.1 Å². The number of hydrogen-bond donors (Lipinski definition) is 2. The lowest BCUT2D eigenvalue weighted by molar-refractivity contribution is -0.145. The highest BCUT2D eigenvalue weighted by atomic mass is 35.5. The summed E-state index contributed by atoms with van der Waals surface area (Å²) in [5.41, 5.74) is 8.04. The number of halogens is 1. The second-order valence-corrected chi connectivity index (χ2v) is 5.04. The lowest BCUT2D eigenvalue weighted by atomic mass is 10.1. The van der Waals surface area contributed by atoms with Gasteiger partial charge in [0.15, 0.2) is 0 Å². The number of para-hydroxylation sites is 1. The smallest absolute Gasteiger partial charge is 0.323 e. The third-order valence-corrected chi connectivity index (χ3v) is 3.41. The number of carbonyl (C=O) groups is 1. The van der Waals surface area contributed by atoms with Crippen LogP contribution in [0.15, 0.2) is 30.5 Å². The molecule has 2 rings (SSSR count). The number of benzene rings is 1. The van der Waals surface area contributed by atoms with Crippen LogP contribution in [0.3, 0.4) is 0 Å². The fraction of sp³-hybridized carbons (Fsp3) is 0.438. The molecule has 0 aliphatic rings. The van der Waals surface area contributed by atoms with Gasteiger partial charge >= 0.3 is 5.97 Å². The van der Waals surface area contributed by atoms with Crippen LogP contribution in [-0.4, -0.2) is 23.6 Å². The quantitative estimate of drug-likeness (QED) is 0.609. The van der Waals surface area contributed by atoms with E-state index in [1.165, 1.54) is 0 Å². The summed E-state index contributed by atoms with van der Waals surface area (Å²) in [7, 11) is 0. The molecule has 1 aromatic heterocycles. The van der Waals surface area contributed by atoms with Gasteiger partial charge in [0, 0.05) is 23.5 Å². The number of aromatic nitrogens is 1. The normalized spacial score (nSPS) is 11.9. The van der Waals surface area contributed by atoms with Crippen LogP contribution in [0.4, 0.5) is 0 Å². The fourth-order valence-electron chi connectivity index (χ4n) is 2.25. The standard InChI is InChI=1S/C16H22N2O2.ClH/c1-2-3-6-9-20-16(19)14(17)10-12-11-18-15-8-5-4-7-13(12)15;/h4-5,7-8,11,14,18H,2-3,6,9-10,17H2,1H3;1H/t14-;/m1./s1. The van der Waals surface area contributed by atoms with Gasteiger partial charge in [-0.1, -0.05) is 38.0 Å². The van der Waals surface area contributed by atoms with E-state index < -0.39 is 6.04 Å². The molecule has 2 aromatic rings. The third kappa shape index (κ3) is 4.76. The van der Waals surface area contributed by atoms with Crippen molar-refractivity contribution in [1.82, 2.24) is 4.98 Å². The molecule has 1 heterocycles. The molecule has 0 amide bonds. The Kier molecular flexibility index (Phi) is 7.26. The molecule has 1 aromatic carbocycles. The van der Waals surface area contributed by atoms with Crippen LogP contribution in [0.2, 0.25) is 0 Å². The highest BCUT2D eigenvalue weighted by molar-refractivity contribution is 5.85. The van der Waals surface area contributed by atoms with E-state index in [0.29, 0.717) is 13.0 Å². The second kappa shape index (κ2) is 8.70. The van der Waals surface area contributed by atoms with E-state index in [2.05, 4.69) is 11.9 Å². The number of nitrogens with one attached hydrogen (secondary N) is 1. The minimum atomic E-state index is -0.601. The SMILES string of the molecule is CCCCCOC(=O)[C@H](N)Cc1c[nH]c2ccccc12.Cl. The molecule has 0 bridgehead atoms. The van der Waals surface area contributed by atoms with Crippen LogP contribution in [0.5, 0.6) is 0 Å². The van der Waals surface area contributed by atoms with Crippen molar-refractivity contribution < 1.29 is 9.53 Å². The molecule has 0 spiro atoms. The number of H-pyrrole nitrogens is 1. The number of fused-ring (bicyclic) bond motifs is 1. The maximum absolute atomic E-state index is 11.8. The molecule has 21 heavy (non-hydrogen) atoms. The molecule has 116 valence electrons. The van der Waals surface area contributed by atoms with E-state index in [1.807, 2.05) is 30.5 Å². The predicted molar refractivity (Wildman–Crippen MR) is 87.7 cm³/mol. The maximum Gasteiger partial charge on any atom is 0.323 e. The van der Waals surface area contributed by atoms with Crippen molar-refractivity contribution in [1.29, 1.82) is 0 Å². The molecule has 0 radical (unpaired) electrons. The van der Waals surface area contributed by atoms with Crippen molar-refractivity contribution in [2.45, 2.75) is 38.6 Å². The first-order valence-corrected chi connectivity index (χ1v) is 7.19. The van der Waals surface area contributed by atoms with Crippen molar-refractivity contribution in [2.24, 2.45) is 5.73 Å². The van der Waals surface area contributed by atoms with Gasteiger partial charge in [0.25, 0.3) is 0 Å². The van der Waals surface area contributed by atoms with Gasteiger partial charge in [-0.25, -0.2) is 0 Å². The van der Waals surface area contributed by atoms with Crippen LogP contribution in [0.25, 0.3) is 10.9 Å². The monoisotopic (exact) mass is 310 g/mol. The number of hydrogen-bond acceptors (Lipinski definition) is 3. The molecule has 0 aliphatic carbocycles. The van der Waals surface area contributed by atoms with Crippen molar-refractivity contribution >= 4 is 29.3 Å². The van der Waals surface area contributed by atoms with E-state index in [-0.39, 0.29) is 18.4 Å². The van der Waals surface area contributed by atoms with Crippen molar-refractivity contribution in [3.05, 3.63) is 36.0 Å². The average molecular weight is 311 g/mol. The maximum atomic E-state index is 11.8. The summed E-state index contributed by atoms with van der Waals surface area (Å²) in [6.45, 7) is 2.58. The molecule has 0 aliphatic heterocycles. The van der Waals surface area contributed by atoms with Crippen molar-refractivity contribution in [2.75, 3.05) is 6.61 Å². The number of esters is 1. The minimum Gasteiger partial charge on any atom is -0.465 e. The van der Waals surface area contributed by atoms with E-state index in [0.717, 1.165) is 35.7 Å². The van der Waals surface area contributed by atoms with Crippen molar-refractivity contribution in [3.8, 4) is 0 Å². The molecule has 1 atom stereocenters. The Morgan fingerprint density at radius 2 is 2.10 bits per heavy atom. The fourth-order valence-corrected chi connectivity index (χ4v) is 2.25. The Labute approximate surface area is 131 Å². The molecule has 0 fully saturated rings. The number of nitrogens with two attached hydrogens (primary N) is 1. The van der Waals surface area contributed by atoms with Gasteiger partial charge < -0.3 is 15.5 Å². The van der Waals surface area contributed by atoms with Gasteiger partial charge in [-0.15, -0.1) is 12.4 Å². The Balaban J connectivity index is 0.00000220. The third-order valence-electron chi connectivity index (χ3n) is 3.41. The number of rotatable bonds is 7. The zero-order valence-electron chi connectivity index (χ0n) is 12.3. The predicted octanol–water partition coefficient (Wildman–Crippen LogP) is 3.19. The number of ether oxygens (including phenoxy) is 1. The number of carbonyl (C=O) groups excluding carboxylic acids is 1. The van der Waals surface area contributed by atoms with Gasteiger partial charge in [0.2, 0.25) is 0 Å². The lowest BCUT2D eigenvalue weighted by Crippen LogP contribution is -2.34. The Hall–Kier alpha value is -1.52. The minimum absolute atomic E-state index is 0. The van der Waals surface area contributed by atoms with Crippen LogP contribution in [0, 0.1) is 0 Å². The zero-order chi connectivity index (χ0) is 14.4. The van der Waals surface area contributed by atoms with E-state index >= 15 is 0 Å². The summed E-state index contributed by atoms with van der Waals surface area (Å²) in [6, 6.07) is 7.39. The van der Waals surface area contributed by atoms with E-state index in [4.69, 9.17) is 10.5 Å². The van der Waals surface area contributed by atoms with Crippen LogP contribution in [-0.2, 0) is 16.0 Å². The molecule has 0 saturated heterocycles. The van der Waals surface area contributed by atoms with E-state index in [9.17, 15) is 4.79 Å². The first kappa shape index (κ1) is 17.5. The average Bonchev–Trinajstić information content (AvgIpc) is 2.87. The zero-order valence-corrected chi connectivity index (χ0v) is 13.1. The highest BCUT2D eigenvalue weighted by Gasteiger charge is 2.17. The summed E-state index contributed by atoms with van der Waals surface area (Å²) in [5.74, 6) is -0.314. The summed E-state index contributed by atoms with van der Waals surface area (Å²) in [5, 5.41) is 1.11. The summed E-state index contributed by atoms with van der Waals surface area (Å²) >= 11 is 0. The first-order valence-electron chi connectivity index (χ1n) is 7.19. The molecule has 3 N–H and O–H groups in total. The topological polar surface area (TPSA) is 68.1 Å². The van der Waals surface area contributed by atoms with Crippen molar-refractivity contribution in [3.63, 3.8) is 0 Å². The molecule has 0 saturated carbocycles. The lowest BCUT2D eigenvalue weighted by Gasteiger charge is -2.11. The largest absolute Gasteiger partial charge is 0.465 e. The van der Waals surface area contributed by atoms with E-state index in [1.54, 1.807) is 0 Å². The van der Waals surface area contributed by atoms with Crippen LogP contribution >= 0.6 is 12.4 Å². The number of aromatic amines is 1. The Bertz CT molecular complexity index is 568. The molecule has 5 heteroatoms. The summed E-state index contributed by atoms with van der Waals surface area (Å²) < 4.78 is 5.19. The molecule has 4 nitrogen and oxygen atoms in total.